The van der Waals surface area contributed by atoms with Gasteiger partial charge in [-0.15, -0.1) is 16.4 Å². The summed E-state index contributed by atoms with van der Waals surface area (Å²) < 4.78 is 0. The zero-order chi connectivity index (χ0) is 11.5. The van der Waals surface area contributed by atoms with Crippen LogP contribution >= 0.6 is 11.3 Å². The van der Waals surface area contributed by atoms with Gasteiger partial charge in [0.25, 0.3) is 0 Å². The van der Waals surface area contributed by atoms with Crippen molar-refractivity contribution in [3.05, 3.63) is 21.9 Å². The Morgan fingerprint density at radius 3 is 2.88 bits per heavy atom. The number of nitrogens with zero attached hydrogens (tertiary/aromatic N) is 3. The standard InChI is InChI=1S/C10H15N5S/c1-7-4-5-16-8(7)6-11-9-12-10(14-13-9)15(2)3/h4-5H,6H2,1-3H3,(H2,11,12,13,14). The van der Waals surface area contributed by atoms with Crippen molar-refractivity contribution in [1.82, 2.24) is 15.2 Å². The molecule has 0 amide bonds. The van der Waals surface area contributed by atoms with Crippen LogP contribution in [0.25, 0.3) is 0 Å². The van der Waals surface area contributed by atoms with Crippen LogP contribution in [0, 0.1) is 6.92 Å². The number of aromatic amines is 1. The van der Waals surface area contributed by atoms with Gasteiger partial charge in [0.1, 0.15) is 0 Å². The van der Waals surface area contributed by atoms with Crippen molar-refractivity contribution < 1.29 is 0 Å². The number of hydrogen-bond acceptors (Lipinski definition) is 5. The van der Waals surface area contributed by atoms with E-state index in [1.807, 2.05) is 19.0 Å². The van der Waals surface area contributed by atoms with E-state index >= 15 is 0 Å². The van der Waals surface area contributed by atoms with Crippen LogP contribution < -0.4 is 10.2 Å². The van der Waals surface area contributed by atoms with Crippen LogP contribution in [0.3, 0.4) is 0 Å². The highest BCUT2D eigenvalue weighted by molar-refractivity contribution is 7.10. The van der Waals surface area contributed by atoms with Gasteiger partial charge in [0.15, 0.2) is 0 Å². The van der Waals surface area contributed by atoms with E-state index in [0.717, 1.165) is 6.54 Å². The summed E-state index contributed by atoms with van der Waals surface area (Å²) in [7, 11) is 3.83. The SMILES string of the molecule is Cc1ccsc1CNc1nc(N(C)C)n[nH]1. The molecular formula is C10H15N5S. The summed E-state index contributed by atoms with van der Waals surface area (Å²) in [5.74, 6) is 1.39. The number of rotatable bonds is 4. The first kappa shape index (κ1) is 10.9. The van der Waals surface area contributed by atoms with Gasteiger partial charge in [-0.1, -0.05) is 0 Å². The smallest absolute Gasteiger partial charge is 0.245 e. The lowest BCUT2D eigenvalue weighted by atomic mass is 10.3. The van der Waals surface area contributed by atoms with Crippen LogP contribution in [-0.2, 0) is 6.54 Å². The summed E-state index contributed by atoms with van der Waals surface area (Å²) in [6, 6.07) is 2.12. The van der Waals surface area contributed by atoms with E-state index < -0.39 is 0 Å². The second kappa shape index (κ2) is 4.52. The highest BCUT2D eigenvalue weighted by Gasteiger charge is 2.05. The second-order valence-electron chi connectivity index (χ2n) is 3.76. The molecule has 0 aliphatic carbocycles. The van der Waals surface area contributed by atoms with Gasteiger partial charge in [-0.2, -0.15) is 4.98 Å². The normalized spacial score (nSPS) is 10.4. The van der Waals surface area contributed by atoms with E-state index in [1.165, 1.54) is 10.4 Å². The summed E-state index contributed by atoms with van der Waals surface area (Å²) in [5.41, 5.74) is 1.31. The van der Waals surface area contributed by atoms with Gasteiger partial charge in [0.2, 0.25) is 11.9 Å². The quantitative estimate of drug-likeness (QED) is 0.852. The molecule has 2 N–H and O–H groups in total. The molecule has 16 heavy (non-hydrogen) atoms. The number of H-pyrrole nitrogens is 1. The topological polar surface area (TPSA) is 56.8 Å². The first-order chi connectivity index (χ1) is 7.66. The van der Waals surface area contributed by atoms with Crippen molar-refractivity contribution >= 4 is 23.2 Å². The molecule has 0 aliphatic heterocycles. The van der Waals surface area contributed by atoms with Crippen molar-refractivity contribution in [3.8, 4) is 0 Å². The number of nitrogens with one attached hydrogen (secondary N) is 2. The van der Waals surface area contributed by atoms with Crippen LogP contribution in [0.5, 0.6) is 0 Å². The number of aryl methyl sites for hydroxylation is 1. The van der Waals surface area contributed by atoms with Crippen LogP contribution in [0.15, 0.2) is 11.4 Å². The first-order valence-electron chi connectivity index (χ1n) is 5.03. The minimum absolute atomic E-state index is 0.686. The monoisotopic (exact) mass is 237 g/mol. The molecule has 0 saturated carbocycles. The van der Waals surface area contributed by atoms with Gasteiger partial charge >= 0.3 is 0 Å². The molecule has 86 valence electrons. The lowest BCUT2D eigenvalue weighted by Gasteiger charge is -2.04. The lowest BCUT2D eigenvalue weighted by molar-refractivity contribution is 0.997. The van der Waals surface area contributed by atoms with Gasteiger partial charge in [-0.25, -0.2) is 5.10 Å². The van der Waals surface area contributed by atoms with Gasteiger partial charge in [0, 0.05) is 19.0 Å². The van der Waals surface area contributed by atoms with Crippen molar-refractivity contribution in [3.63, 3.8) is 0 Å². The zero-order valence-electron chi connectivity index (χ0n) is 9.61. The highest BCUT2D eigenvalue weighted by Crippen LogP contribution is 2.16. The van der Waals surface area contributed by atoms with E-state index in [1.54, 1.807) is 11.3 Å². The fraction of sp³-hybridized carbons (Fsp3) is 0.400. The summed E-state index contributed by atoms with van der Waals surface area (Å²) in [6.07, 6.45) is 0. The van der Waals surface area contributed by atoms with Crippen molar-refractivity contribution in [2.75, 3.05) is 24.3 Å². The maximum Gasteiger partial charge on any atom is 0.245 e. The Labute approximate surface area is 98.5 Å². The molecule has 0 radical (unpaired) electrons. The third kappa shape index (κ3) is 2.33. The molecule has 2 aromatic heterocycles. The van der Waals surface area contributed by atoms with Crippen molar-refractivity contribution in [1.29, 1.82) is 0 Å². The third-order valence-electron chi connectivity index (χ3n) is 2.26. The van der Waals surface area contributed by atoms with Crippen LogP contribution in [0.2, 0.25) is 0 Å². The molecule has 0 atom stereocenters. The summed E-state index contributed by atoms with van der Waals surface area (Å²) >= 11 is 1.75. The molecule has 0 saturated heterocycles. The molecule has 0 fully saturated rings. The summed E-state index contributed by atoms with van der Waals surface area (Å²) in [4.78, 5) is 7.47. The molecule has 6 heteroatoms. The Balaban J connectivity index is 1.97. The van der Waals surface area contributed by atoms with E-state index in [4.69, 9.17) is 0 Å². The maximum absolute atomic E-state index is 4.29. The van der Waals surface area contributed by atoms with E-state index in [-0.39, 0.29) is 0 Å². The van der Waals surface area contributed by atoms with Crippen molar-refractivity contribution in [2.24, 2.45) is 0 Å². The molecule has 0 aliphatic rings. The molecule has 0 bridgehead atoms. The van der Waals surface area contributed by atoms with E-state index in [9.17, 15) is 0 Å². The first-order valence-corrected chi connectivity index (χ1v) is 5.91. The Morgan fingerprint density at radius 1 is 1.50 bits per heavy atom. The maximum atomic E-state index is 4.29. The number of thiophene rings is 1. The molecule has 0 unspecified atom stereocenters. The lowest BCUT2D eigenvalue weighted by Crippen LogP contribution is -2.10. The second-order valence-corrected chi connectivity index (χ2v) is 4.76. The number of anilines is 2. The third-order valence-corrected chi connectivity index (χ3v) is 3.28. The van der Waals surface area contributed by atoms with Crippen LogP contribution in [0.4, 0.5) is 11.9 Å². The minimum atomic E-state index is 0.686. The zero-order valence-corrected chi connectivity index (χ0v) is 10.4. The van der Waals surface area contributed by atoms with Crippen molar-refractivity contribution in [2.45, 2.75) is 13.5 Å². The van der Waals surface area contributed by atoms with Gasteiger partial charge in [-0.05, 0) is 23.9 Å². The van der Waals surface area contributed by atoms with E-state index in [2.05, 4.69) is 38.9 Å². The van der Waals surface area contributed by atoms with E-state index in [0.29, 0.717) is 11.9 Å². The molecule has 5 nitrogen and oxygen atoms in total. The Bertz CT molecular complexity index is 459. The average molecular weight is 237 g/mol. The predicted octanol–water partition coefficient (Wildman–Crippen LogP) is 1.85. The van der Waals surface area contributed by atoms with Crippen LogP contribution in [0.1, 0.15) is 10.4 Å². The Morgan fingerprint density at radius 2 is 2.31 bits per heavy atom. The molecule has 2 rings (SSSR count). The molecular weight excluding hydrogens is 222 g/mol. The number of hydrogen-bond donors (Lipinski definition) is 2. The Kier molecular flexibility index (Phi) is 3.09. The highest BCUT2D eigenvalue weighted by atomic mass is 32.1. The fourth-order valence-electron chi connectivity index (χ4n) is 1.28. The molecule has 0 aromatic carbocycles. The largest absolute Gasteiger partial charge is 0.350 e. The van der Waals surface area contributed by atoms with Gasteiger partial charge in [-0.3, -0.25) is 0 Å². The Hall–Kier alpha value is -1.56. The molecule has 2 aromatic rings. The molecule has 0 spiro atoms. The van der Waals surface area contributed by atoms with Gasteiger partial charge < -0.3 is 10.2 Å². The number of aromatic nitrogens is 3. The summed E-state index contributed by atoms with van der Waals surface area (Å²) in [5, 5.41) is 12.2. The summed E-state index contributed by atoms with van der Waals surface area (Å²) in [6.45, 7) is 2.89. The average Bonchev–Trinajstić information content (AvgIpc) is 2.83. The minimum Gasteiger partial charge on any atom is -0.350 e. The fourth-order valence-corrected chi connectivity index (χ4v) is 2.13. The van der Waals surface area contributed by atoms with Crippen LogP contribution in [-0.4, -0.2) is 29.3 Å². The molecule has 2 heterocycles. The predicted molar refractivity (Wildman–Crippen MR) is 67.1 cm³/mol. The van der Waals surface area contributed by atoms with Gasteiger partial charge in [0.05, 0.1) is 6.54 Å².